The van der Waals surface area contributed by atoms with Gasteiger partial charge in [-0.3, -0.25) is 9.48 Å². The van der Waals surface area contributed by atoms with Crippen LogP contribution < -0.4 is 4.72 Å². The minimum absolute atomic E-state index is 0.197. The molecule has 0 amide bonds. The van der Waals surface area contributed by atoms with E-state index >= 15 is 0 Å². The Morgan fingerprint density at radius 1 is 1.28 bits per heavy atom. The van der Waals surface area contributed by atoms with Crippen LogP contribution in [0, 0.1) is 5.92 Å². The monoisotopic (exact) mass is 365 g/mol. The quantitative estimate of drug-likeness (QED) is 0.848. The predicted octanol–water partition coefficient (Wildman–Crippen LogP) is 2.54. The zero-order chi connectivity index (χ0) is 18.2. The van der Waals surface area contributed by atoms with Crippen LogP contribution in [0.3, 0.4) is 0 Å². The smallest absolute Gasteiger partial charge is 0.306 e. The first-order valence-electron chi connectivity index (χ1n) is 8.50. The molecular formula is C17H23N3O4S. The Balaban J connectivity index is 1.76. The second kappa shape index (κ2) is 6.76. The van der Waals surface area contributed by atoms with Gasteiger partial charge in [-0.05, 0) is 57.7 Å². The summed E-state index contributed by atoms with van der Waals surface area (Å²) in [5.74, 6) is -1.16. The molecule has 0 unspecified atom stereocenters. The van der Waals surface area contributed by atoms with Gasteiger partial charge < -0.3 is 5.11 Å². The molecule has 7 nitrogen and oxygen atoms in total. The summed E-state index contributed by atoms with van der Waals surface area (Å²) < 4.78 is 29.9. The summed E-state index contributed by atoms with van der Waals surface area (Å²) >= 11 is 0. The second-order valence-electron chi connectivity index (χ2n) is 6.91. The van der Waals surface area contributed by atoms with Gasteiger partial charge in [0, 0.05) is 17.5 Å². The summed E-state index contributed by atoms with van der Waals surface area (Å²) in [6.07, 6.45) is 3.77. The second-order valence-corrected chi connectivity index (χ2v) is 8.63. The lowest BCUT2D eigenvalue weighted by Gasteiger charge is -2.26. The van der Waals surface area contributed by atoms with Crippen LogP contribution in [0.2, 0.25) is 0 Å². The van der Waals surface area contributed by atoms with E-state index in [0.29, 0.717) is 25.7 Å². The van der Waals surface area contributed by atoms with Crippen molar-refractivity contribution in [2.45, 2.75) is 56.5 Å². The van der Waals surface area contributed by atoms with E-state index in [1.165, 1.54) is 0 Å². The van der Waals surface area contributed by atoms with E-state index in [0.717, 1.165) is 10.9 Å². The molecule has 25 heavy (non-hydrogen) atoms. The first-order chi connectivity index (χ1) is 11.8. The largest absolute Gasteiger partial charge is 0.481 e. The number of carboxylic acid groups (broad SMARTS) is 1. The summed E-state index contributed by atoms with van der Waals surface area (Å²) in [5.41, 5.74) is 0.899. The molecule has 1 aromatic carbocycles. The minimum Gasteiger partial charge on any atom is -0.481 e. The molecule has 1 fully saturated rings. The average molecular weight is 365 g/mol. The number of aromatic nitrogens is 2. The third kappa shape index (κ3) is 3.69. The fourth-order valence-electron chi connectivity index (χ4n) is 3.36. The van der Waals surface area contributed by atoms with Gasteiger partial charge in [-0.25, -0.2) is 13.1 Å². The molecule has 0 spiro atoms. The Hall–Kier alpha value is -1.93. The average Bonchev–Trinajstić information content (AvgIpc) is 2.98. The van der Waals surface area contributed by atoms with Crippen molar-refractivity contribution in [3.8, 4) is 0 Å². The molecule has 1 aromatic heterocycles. The van der Waals surface area contributed by atoms with Crippen LogP contribution >= 0.6 is 0 Å². The highest BCUT2D eigenvalue weighted by molar-refractivity contribution is 7.89. The Morgan fingerprint density at radius 3 is 2.56 bits per heavy atom. The van der Waals surface area contributed by atoms with Crippen molar-refractivity contribution in [3.63, 3.8) is 0 Å². The highest BCUT2D eigenvalue weighted by Crippen LogP contribution is 2.26. The first-order valence-corrected chi connectivity index (χ1v) is 9.98. The molecule has 0 aliphatic heterocycles. The fourth-order valence-corrected chi connectivity index (χ4v) is 4.70. The maximum absolute atomic E-state index is 12.6. The lowest BCUT2D eigenvalue weighted by molar-refractivity contribution is -0.142. The molecular weight excluding hydrogens is 342 g/mol. The summed E-state index contributed by atoms with van der Waals surface area (Å²) in [6.45, 7) is 4.04. The van der Waals surface area contributed by atoms with Gasteiger partial charge in [-0.2, -0.15) is 5.10 Å². The molecule has 1 saturated carbocycles. The number of carbonyl (C=O) groups is 1. The SMILES string of the molecule is CC(C)n1ncc2cc(S(=O)(=O)NC3CCC(C(=O)O)CC3)ccc21. The summed E-state index contributed by atoms with van der Waals surface area (Å²) in [5, 5.41) is 14.1. The maximum atomic E-state index is 12.6. The number of carboxylic acids is 1. The van der Waals surface area contributed by atoms with E-state index in [-0.39, 0.29) is 22.9 Å². The lowest BCUT2D eigenvalue weighted by atomic mass is 9.87. The van der Waals surface area contributed by atoms with Gasteiger partial charge in [-0.1, -0.05) is 0 Å². The third-order valence-electron chi connectivity index (χ3n) is 4.76. The van der Waals surface area contributed by atoms with E-state index in [1.807, 2.05) is 18.5 Å². The number of rotatable bonds is 5. The predicted molar refractivity (Wildman–Crippen MR) is 93.8 cm³/mol. The maximum Gasteiger partial charge on any atom is 0.306 e. The number of nitrogens with one attached hydrogen (secondary N) is 1. The van der Waals surface area contributed by atoms with Crippen LogP contribution in [0.25, 0.3) is 10.9 Å². The zero-order valence-electron chi connectivity index (χ0n) is 14.3. The van der Waals surface area contributed by atoms with Crippen molar-refractivity contribution in [3.05, 3.63) is 24.4 Å². The van der Waals surface area contributed by atoms with Crippen LogP contribution in [0.1, 0.15) is 45.6 Å². The molecule has 8 heteroatoms. The van der Waals surface area contributed by atoms with Crippen LogP contribution in [-0.4, -0.2) is 35.3 Å². The summed E-state index contributed by atoms with van der Waals surface area (Å²) in [6, 6.07) is 4.98. The summed E-state index contributed by atoms with van der Waals surface area (Å²) in [7, 11) is -3.63. The van der Waals surface area contributed by atoms with Crippen molar-refractivity contribution in [1.29, 1.82) is 0 Å². The van der Waals surface area contributed by atoms with E-state index in [9.17, 15) is 13.2 Å². The fraction of sp³-hybridized carbons (Fsp3) is 0.529. The van der Waals surface area contributed by atoms with Crippen LogP contribution in [0.4, 0.5) is 0 Å². The van der Waals surface area contributed by atoms with Crippen molar-refractivity contribution in [2.24, 2.45) is 5.92 Å². The van der Waals surface area contributed by atoms with E-state index in [1.54, 1.807) is 24.4 Å². The van der Waals surface area contributed by atoms with Gasteiger partial charge >= 0.3 is 5.97 Å². The number of aliphatic carboxylic acids is 1. The van der Waals surface area contributed by atoms with Crippen molar-refractivity contribution >= 4 is 26.9 Å². The van der Waals surface area contributed by atoms with Crippen LogP contribution in [0.15, 0.2) is 29.3 Å². The highest BCUT2D eigenvalue weighted by atomic mass is 32.2. The lowest BCUT2D eigenvalue weighted by Crippen LogP contribution is -2.38. The molecule has 0 atom stereocenters. The van der Waals surface area contributed by atoms with Crippen molar-refractivity contribution in [2.75, 3.05) is 0 Å². The molecule has 3 rings (SSSR count). The standard InChI is InChI=1S/C17H23N3O4S/c1-11(2)20-16-8-7-15(9-13(16)10-18-20)25(23,24)19-14-5-3-12(4-6-14)17(21)22/h7-12,14,19H,3-6H2,1-2H3,(H,21,22). The molecule has 136 valence electrons. The number of hydrogen-bond acceptors (Lipinski definition) is 4. The number of benzene rings is 1. The van der Waals surface area contributed by atoms with Gasteiger partial charge in [0.05, 0.1) is 22.5 Å². The van der Waals surface area contributed by atoms with Gasteiger partial charge in [-0.15, -0.1) is 0 Å². The topological polar surface area (TPSA) is 101 Å². The first kappa shape index (κ1) is 17.9. The molecule has 0 radical (unpaired) electrons. The Kier molecular flexibility index (Phi) is 4.83. The van der Waals surface area contributed by atoms with Crippen molar-refractivity contribution < 1.29 is 18.3 Å². The highest BCUT2D eigenvalue weighted by Gasteiger charge is 2.29. The van der Waals surface area contributed by atoms with Crippen LogP contribution in [-0.2, 0) is 14.8 Å². The molecule has 1 heterocycles. The number of nitrogens with zero attached hydrogens (tertiary/aromatic N) is 2. The van der Waals surface area contributed by atoms with E-state index < -0.39 is 16.0 Å². The molecule has 1 aliphatic carbocycles. The molecule has 2 aromatic rings. The molecule has 0 saturated heterocycles. The normalized spacial score (nSPS) is 21.7. The molecule has 1 aliphatic rings. The van der Waals surface area contributed by atoms with Gasteiger partial charge in [0.2, 0.25) is 10.0 Å². The number of hydrogen-bond donors (Lipinski definition) is 2. The zero-order valence-corrected chi connectivity index (χ0v) is 15.2. The van der Waals surface area contributed by atoms with Crippen LogP contribution in [0.5, 0.6) is 0 Å². The van der Waals surface area contributed by atoms with Gasteiger partial charge in [0.25, 0.3) is 0 Å². The van der Waals surface area contributed by atoms with Crippen molar-refractivity contribution in [1.82, 2.24) is 14.5 Å². The molecule has 2 N–H and O–H groups in total. The Labute approximate surface area is 147 Å². The van der Waals surface area contributed by atoms with Gasteiger partial charge in [0.1, 0.15) is 0 Å². The minimum atomic E-state index is -3.63. The Bertz CT molecular complexity index is 880. The van der Waals surface area contributed by atoms with Gasteiger partial charge in [0.15, 0.2) is 0 Å². The third-order valence-corrected chi connectivity index (χ3v) is 6.28. The Morgan fingerprint density at radius 2 is 1.96 bits per heavy atom. The number of fused-ring (bicyclic) bond motifs is 1. The van der Waals surface area contributed by atoms with E-state index in [4.69, 9.17) is 5.11 Å². The number of sulfonamides is 1. The van der Waals surface area contributed by atoms with E-state index in [2.05, 4.69) is 9.82 Å². The summed E-state index contributed by atoms with van der Waals surface area (Å²) in [4.78, 5) is 11.2. The molecule has 0 bridgehead atoms.